The molecule has 1 aromatic heterocycles. The van der Waals surface area contributed by atoms with Crippen LogP contribution in [0.25, 0.3) is 11.4 Å². The van der Waals surface area contributed by atoms with Gasteiger partial charge in [0.05, 0.1) is 6.61 Å². The van der Waals surface area contributed by atoms with E-state index in [1.54, 1.807) is 0 Å². The van der Waals surface area contributed by atoms with Crippen LogP contribution in [0.1, 0.15) is 142 Å². The van der Waals surface area contributed by atoms with E-state index in [2.05, 4.69) is 30.7 Å². The van der Waals surface area contributed by atoms with Crippen LogP contribution in [0.5, 0.6) is 5.75 Å². The van der Waals surface area contributed by atoms with Crippen LogP contribution in [0, 0.1) is 5.92 Å². The number of hydrogen-bond acceptors (Lipinski definition) is 3. The van der Waals surface area contributed by atoms with E-state index < -0.39 is 6.17 Å². The van der Waals surface area contributed by atoms with Gasteiger partial charge in [-0.2, -0.15) is 0 Å². The van der Waals surface area contributed by atoms with Crippen molar-refractivity contribution in [2.24, 2.45) is 5.92 Å². The lowest BCUT2D eigenvalue weighted by atomic mass is 9.96. The molecule has 0 radical (unpaired) electrons. The number of alkyl halides is 1. The number of ether oxygens (including phenoxy) is 1. The number of hydrogen-bond donors (Lipinski definition) is 0. The first kappa shape index (κ1) is 33.2. The quantitative estimate of drug-likeness (QED) is 0.124. The zero-order valence-electron chi connectivity index (χ0n) is 25.4. The van der Waals surface area contributed by atoms with E-state index in [0.717, 1.165) is 36.4 Å². The molecular formula is C35H57FN2O. The summed E-state index contributed by atoms with van der Waals surface area (Å²) in [6, 6.07) is 7.84. The van der Waals surface area contributed by atoms with Crippen LogP contribution in [0.3, 0.4) is 0 Å². The third kappa shape index (κ3) is 16.0. The molecule has 0 aliphatic rings. The summed E-state index contributed by atoms with van der Waals surface area (Å²) in [6.45, 7) is 7.22. The third-order valence-electron chi connectivity index (χ3n) is 7.85. The molecule has 0 aliphatic heterocycles. The SMILES string of the molecule is CCCCCCCCCCCCc1cnc(-c2ccc(OCCC(F)CCCC(C)CCCCC)cc2)nc1. The zero-order valence-corrected chi connectivity index (χ0v) is 25.4. The molecule has 0 aliphatic carbocycles. The predicted molar refractivity (Wildman–Crippen MR) is 165 cm³/mol. The lowest BCUT2D eigenvalue weighted by molar-refractivity contribution is 0.220. The molecule has 2 aromatic rings. The van der Waals surface area contributed by atoms with Crippen molar-refractivity contribution < 1.29 is 9.13 Å². The normalized spacial score (nSPS) is 12.9. The Morgan fingerprint density at radius 2 is 1.23 bits per heavy atom. The van der Waals surface area contributed by atoms with Crippen LogP contribution in [-0.4, -0.2) is 22.7 Å². The topological polar surface area (TPSA) is 35.0 Å². The van der Waals surface area contributed by atoms with E-state index in [-0.39, 0.29) is 0 Å². The van der Waals surface area contributed by atoms with E-state index in [9.17, 15) is 4.39 Å². The van der Waals surface area contributed by atoms with E-state index in [1.165, 1.54) is 95.5 Å². The van der Waals surface area contributed by atoms with Crippen LogP contribution in [0.2, 0.25) is 0 Å². The fourth-order valence-electron chi connectivity index (χ4n) is 5.17. The van der Waals surface area contributed by atoms with Gasteiger partial charge >= 0.3 is 0 Å². The Morgan fingerprint density at radius 1 is 0.667 bits per heavy atom. The number of halogens is 1. The van der Waals surface area contributed by atoms with Crippen molar-refractivity contribution in [3.05, 3.63) is 42.2 Å². The smallest absolute Gasteiger partial charge is 0.159 e. The molecule has 0 amide bonds. The van der Waals surface area contributed by atoms with Gasteiger partial charge in [-0.05, 0) is 55.0 Å². The fourth-order valence-corrected chi connectivity index (χ4v) is 5.17. The number of unbranched alkanes of at least 4 members (excludes halogenated alkanes) is 11. The van der Waals surface area contributed by atoms with E-state index in [4.69, 9.17) is 4.74 Å². The highest BCUT2D eigenvalue weighted by Crippen LogP contribution is 2.21. The average Bonchev–Trinajstić information content (AvgIpc) is 2.95. The lowest BCUT2D eigenvalue weighted by Gasteiger charge is -2.13. The highest BCUT2D eigenvalue weighted by Gasteiger charge is 2.09. The Hall–Kier alpha value is -1.97. The van der Waals surface area contributed by atoms with Crippen LogP contribution in [0.15, 0.2) is 36.7 Å². The van der Waals surface area contributed by atoms with Gasteiger partial charge in [0.15, 0.2) is 5.82 Å². The first-order valence-electron chi connectivity index (χ1n) is 16.3. The molecule has 39 heavy (non-hydrogen) atoms. The maximum Gasteiger partial charge on any atom is 0.159 e. The molecule has 2 unspecified atom stereocenters. The van der Waals surface area contributed by atoms with E-state index in [0.29, 0.717) is 25.4 Å². The van der Waals surface area contributed by atoms with Crippen LogP contribution in [0.4, 0.5) is 4.39 Å². The molecule has 0 saturated carbocycles. The molecular weight excluding hydrogens is 483 g/mol. The molecule has 4 heteroatoms. The Balaban J connectivity index is 1.57. The highest BCUT2D eigenvalue weighted by atomic mass is 19.1. The molecule has 1 aromatic carbocycles. The van der Waals surface area contributed by atoms with Crippen LogP contribution >= 0.6 is 0 Å². The van der Waals surface area contributed by atoms with Crippen molar-refractivity contribution in [2.75, 3.05) is 6.61 Å². The second kappa shape index (κ2) is 21.8. The summed E-state index contributed by atoms with van der Waals surface area (Å²) < 4.78 is 20.1. The van der Waals surface area contributed by atoms with Gasteiger partial charge in [-0.1, -0.05) is 117 Å². The molecule has 0 saturated heterocycles. The number of aryl methyl sites for hydroxylation is 1. The monoisotopic (exact) mass is 540 g/mol. The minimum Gasteiger partial charge on any atom is -0.493 e. The fraction of sp³-hybridized carbons (Fsp3) is 0.714. The third-order valence-corrected chi connectivity index (χ3v) is 7.85. The first-order chi connectivity index (χ1) is 19.1. The highest BCUT2D eigenvalue weighted by molar-refractivity contribution is 5.55. The Kier molecular flexibility index (Phi) is 18.6. The second-order valence-corrected chi connectivity index (χ2v) is 11.6. The average molecular weight is 541 g/mol. The Morgan fingerprint density at radius 3 is 1.87 bits per heavy atom. The van der Waals surface area contributed by atoms with Crippen molar-refractivity contribution in [1.29, 1.82) is 0 Å². The van der Waals surface area contributed by atoms with Crippen LogP contribution in [-0.2, 0) is 6.42 Å². The van der Waals surface area contributed by atoms with E-state index in [1.807, 2.05) is 36.7 Å². The maximum absolute atomic E-state index is 14.3. The number of nitrogens with zero attached hydrogens (tertiary/aromatic N) is 2. The van der Waals surface area contributed by atoms with Gasteiger partial charge in [-0.25, -0.2) is 14.4 Å². The first-order valence-corrected chi connectivity index (χ1v) is 16.3. The summed E-state index contributed by atoms with van der Waals surface area (Å²) in [4.78, 5) is 9.18. The van der Waals surface area contributed by atoms with Crippen molar-refractivity contribution in [2.45, 2.75) is 149 Å². The molecule has 2 atom stereocenters. The molecule has 0 N–H and O–H groups in total. The van der Waals surface area contributed by atoms with Crippen LogP contribution < -0.4 is 4.74 Å². The van der Waals surface area contributed by atoms with Gasteiger partial charge in [-0.3, -0.25) is 0 Å². The predicted octanol–water partition coefficient (Wildman–Crippen LogP) is 11.1. The maximum atomic E-state index is 14.3. The van der Waals surface area contributed by atoms with Crippen molar-refractivity contribution >= 4 is 0 Å². The molecule has 2 rings (SSSR count). The minimum absolute atomic E-state index is 0.413. The van der Waals surface area contributed by atoms with Gasteiger partial charge in [0.25, 0.3) is 0 Å². The second-order valence-electron chi connectivity index (χ2n) is 11.6. The van der Waals surface area contributed by atoms with Gasteiger partial charge in [0.2, 0.25) is 0 Å². The molecule has 3 nitrogen and oxygen atoms in total. The van der Waals surface area contributed by atoms with Gasteiger partial charge in [0, 0.05) is 24.4 Å². The number of benzene rings is 1. The van der Waals surface area contributed by atoms with Crippen molar-refractivity contribution in [3.8, 4) is 17.1 Å². The summed E-state index contributed by atoms with van der Waals surface area (Å²) in [6.07, 6.45) is 26.1. The summed E-state index contributed by atoms with van der Waals surface area (Å²) in [7, 11) is 0. The molecule has 0 bridgehead atoms. The minimum atomic E-state index is -0.778. The standard InChI is InChI=1S/C35H57FN2O/c1-4-6-8-9-10-11-12-13-14-16-20-31-28-37-35(38-29-31)32-22-24-34(25-23-32)39-27-26-33(36)21-17-19-30(3)18-15-7-5-2/h22-25,28-30,33H,4-21,26-27H2,1-3H3. The summed E-state index contributed by atoms with van der Waals surface area (Å²) in [5, 5.41) is 0. The zero-order chi connectivity index (χ0) is 28.0. The van der Waals surface area contributed by atoms with E-state index >= 15 is 0 Å². The lowest BCUT2D eigenvalue weighted by Crippen LogP contribution is -2.08. The van der Waals surface area contributed by atoms with Gasteiger partial charge in [0.1, 0.15) is 11.9 Å². The number of rotatable bonds is 24. The van der Waals surface area contributed by atoms with Crippen molar-refractivity contribution in [1.82, 2.24) is 9.97 Å². The molecule has 0 spiro atoms. The molecule has 1 heterocycles. The summed E-state index contributed by atoms with van der Waals surface area (Å²) >= 11 is 0. The summed E-state index contributed by atoms with van der Waals surface area (Å²) in [5.74, 6) is 2.22. The largest absolute Gasteiger partial charge is 0.493 e. The number of aromatic nitrogens is 2. The van der Waals surface area contributed by atoms with Gasteiger partial charge < -0.3 is 4.74 Å². The molecule has 220 valence electrons. The van der Waals surface area contributed by atoms with Gasteiger partial charge in [-0.15, -0.1) is 0 Å². The Labute approximate surface area is 239 Å². The van der Waals surface area contributed by atoms with Crippen molar-refractivity contribution in [3.63, 3.8) is 0 Å². The molecule has 0 fully saturated rings. The summed E-state index contributed by atoms with van der Waals surface area (Å²) in [5.41, 5.74) is 2.19. The Bertz CT molecular complexity index is 824.